The van der Waals surface area contributed by atoms with Crippen molar-refractivity contribution in [3.63, 3.8) is 0 Å². The minimum Gasteiger partial charge on any atom is -0.329 e. The van der Waals surface area contributed by atoms with Crippen LogP contribution >= 0.6 is 11.6 Å². The van der Waals surface area contributed by atoms with E-state index in [2.05, 4.69) is 29.8 Å². The number of rotatable bonds is 1. The van der Waals surface area contributed by atoms with Gasteiger partial charge >= 0.3 is 12.1 Å². The minimum absolute atomic E-state index is 0.212. The van der Waals surface area contributed by atoms with Crippen LogP contribution in [0, 0.1) is 0 Å². The number of alkyl halides is 3. The van der Waals surface area contributed by atoms with Gasteiger partial charge in [0.2, 0.25) is 5.82 Å². The lowest BCUT2D eigenvalue weighted by molar-refractivity contribution is -0.159. The molecular formula is C16H8ClF3N6O. The Morgan fingerprint density at radius 1 is 1.26 bits per heavy atom. The molecule has 0 atom stereocenters. The minimum atomic E-state index is -4.72. The number of aromatic amines is 1. The summed E-state index contributed by atoms with van der Waals surface area (Å²) in [4.78, 5) is 7.68. The molecule has 1 aliphatic rings. The maximum absolute atomic E-state index is 12.8. The lowest BCUT2D eigenvalue weighted by Crippen LogP contribution is -2.05. The van der Waals surface area contributed by atoms with Crippen LogP contribution in [-0.4, -0.2) is 29.9 Å². The van der Waals surface area contributed by atoms with Crippen molar-refractivity contribution in [3.8, 4) is 28.5 Å². The number of benzene rings is 1. The Kier molecular flexibility index (Phi) is 3.23. The molecule has 0 spiro atoms. The first-order chi connectivity index (χ1) is 12.9. The lowest BCUT2D eigenvalue weighted by Gasteiger charge is -2.09. The molecule has 11 heteroatoms. The van der Waals surface area contributed by atoms with Crippen LogP contribution in [0.5, 0.6) is 0 Å². The zero-order valence-corrected chi connectivity index (χ0v) is 14.0. The third-order valence-electron chi connectivity index (χ3n) is 4.31. The van der Waals surface area contributed by atoms with E-state index in [0.717, 1.165) is 22.5 Å². The van der Waals surface area contributed by atoms with Gasteiger partial charge in [0.05, 0.1) is 23.3 Å². The molecule has 1 N–H and O–H groups in total. The average molecular weight is 393 g/mol. The summed E-state index contributed by atoms with van der Waals surface area (Å²) >= 11 is 6.14. The number of H-pyrrole nitrogens is 1. The molecule has 4 heterocycles. The van der Waals surface area contributed by atoms with Crippen LogP contribution in [0.4, 0.5) is 13.2 Å². The van der Waals surface area contributed by atoms with Crippen molar-refractivity contribution >= 4 is 11.6 Å². The molecule has 1 aromatic carbocycles. The molecule has 0 fully saturated rings. The van der Waals surface area contributed by atoms with Crippen molar-refractivity contribution in [2.24, 2.45) is 0 Å². The number of hydrogen-bond donors (Lipinski definition) is 1. The molecule has 0 unspecified atom stereocenters. The highest BCUT2D eigenvalue weighted by Gasteiger charge is 2.39. The molecular weight excluding hydrogens is 385 g/mol. The molecule has 0 saturated carbocycles. The summed E-state index contributed by atoms with van der Waals surface area (Å²) < 4.78 is 44.5. The van der Waals surface area contributed by atoms with E-state index in [4.69, 9.17) is 11.6 Å². The number of fused-ring (bicyclic) bond motifs is 5. The van der Waals surface area contributed by atoms with E-state index in [1.165, 1.54) is 6.33 Å². The van der Waals surface area contributed by atoms with E-state index in [1.54, 1.807) is 29.0 Å². The summed E-state index contributed by atoms with van der Waals surface area (Å²) in [6.07, 6.45) is -1.18. The van der Waals surface area contributed by atoms with Gasteiger partial charge in [0.1, 0.15) is 12.0 Å². The van der Waals surface area contributed by atoms with Crippen molar-refractivity contribution in [3.05, 3.63) is 52.9 Å². The number of halogens is 4. The smallest absolute Gasteiger partial charge is 0.329 e. The molecule has 7 nitrogen and oxygen atoms in total. The quantitative estimate of drug-likeness (QED) is 0.468. The summed E-state index contributed by atoms with van der Waals surface area (Å²) in [6, 6.07) is 5.32. The van der Waals surface area contributed by atoms with Crippen LogP contribution in [0.3, 0.4) is 0 Å². The first-order valence-electron chi connectivity index (χ1n) is 7.72. The molecule has 136 valence electrons. The van der Waals surface area contributed by atoms with Crippen LogP contribution in [0.15, 0.2) is 35.2 Å². The molecule has 4 aromatic rings. The second kappa shape index (κ2) is 5.43. The fourth-order valence-corrected chi connectivity index (χ4v) is 3.32. The van der Waals surface area contributed by atoms with Gasteiger partial charge in [-0.2, -0.15) is 23.3 Å². The van der Waals surface area contributed by atoms with Gasteiger partial charge in [-0.1, -0.05) is 16.8 Å². The van der Waals surface area contributed by atoms with Crippen molar-refractivity contribution in [2.75, 3.05) is 0 Å². The van der Waals surface area contributed by atoms with Crippen LogP contribution in [0.25, 0.3) is 28.5 Å². The summed E-state index contributed by atoms with van der Waals surface area (Å²) in [5, 5.41) is 11.0. The molecule has 0 aliphatic carbocycles. The predicted molar refractivity (Wildman–Crippen MR) is 87.3 cm³/mol. The monoisotopic (exact) mass is 392 g/mol. The number of aromatic nitrogens is 6. The van der Waals surface area contributed by atoms with Crippen LogP contribution in [0.1, 0.15) is 17.1 Å². The number of imidazole rings is 1. The molecule has 27 heavy (non-hydrogen) atoms. The summed E-state index contributed by atoms with van der Waals surface area (Å²) in [6.45, 7) is 0. The Morgan fingerprint density at radius 2 is 2.11 bits per heavy atom. The summed E-state index contributed by atoms with van der Waals surface area (Å²) in [5.41, 5.74) is 4.03. The zero-order chi connectivity index (χ0) is 18.8. The average Bonchev–Trinajstić information content (AvgIpc) is 3.32. The van der Waals surface area contributed by atoms with Gasteiger partial charge in [0, 0.05) is 22.6 Å². The second-order valence-electron chi connectivity index (χ2n) is 5.94. The van der Waals surface area contributed by atoms with Crippen LogP contribution in [-0.2, 0) is 12.6 Å². The summed E-state index contributed by atoms with van der Waals surface area (Å²) in [5.74, 6) is -1.64. The van der Waals surface area contributed by atoms with Gasteiger partial charge in [0.25, 0.3) is 0 Å². The SMILES string of the molecule is FC(F)(F)c1nc(-c2ncn3c2Cc2cn[nH]c2-c2cc(Cl)ccc2-3)no1. The zero-order valence-electron chi connectivity index (χ0n) is 13.3. The van der Waals surface area contributed by atoms with Crippen molar-refractivity contribution in [2.45, 2.75) is 12.6 Å². The van der Waals surface area contributed by atoms with E-state index in [9.17, 15) is 13.2 Å². The van der Waals surface area contributed by atoms with Crippen LogP contribution in [0.2, 0.25) is 5.02 Å². The topological polar surface area (TPSA) is 85.4 Å². The largest absolute Gasteiger partial charge is 0.471 e. The number of hydrogen-bond acceptors (Lipinski definition) is 5. The first kappa shape index (κ1) is 16.1. The third kappa shape index (κ3) is 2.44. The number of nitrogens with zero attached hydrogens (tertiary/aromatic N) is 5. The van der Waals surface area contributed by atoms with Gasteiger partial charge in [-0.15, -0.1) is 0 Å². The third-order valence-corrected chi connectivity index (χ3v) is 4.55. The Morgan fingerprint density at radius 3 is 2.89 bits per heavy atom. The fourth-order valence-electron chi connectivity index (χ4n) is 3.15. The van der Waals surface area contributed by atoms with Gasteiger partial charge in [-0.3, -0.25) is 5.10 Å². The summed E-state index contributed by atoms with van der Waals surface area (Å²) in [7, 11) is 0. The number of nitrogens with one attached hydrogen (secondary N) is 1. The standard InChI is InChI=1S/C16H8ClF3N6O/c17-8-1-2-10-9(4-8)12-7(5-22-24-12)3-11-13(21-6-26(10)11)14-23-15(27-25-14)16(18,19)20/h1-2,4-6H,3H2,(H,22,24). The highest BCUT2D eigenvalue weighted by Crippen LogP contribution is 2.38. The Labute approximate surface area is 153 Å². The molecule has 3 aromatic heterocycles. The fraction of sp³-hybridized carbons (Fsp3) is 0.125. The Hall–Kier alpha value is -3.14. The molecule has 0 radical (unpaired) electrons. The first-order valence-corrected chi connectivity index (χ1v) is 8.09. The van der Waals surface area contributed by atoms with Crippen molar-refractivity contribution in [1.82, 2.24) is 29.9 Å². The Balaban J connectivity index is 1.72. The van der Waals surface area contributed by atoms with E-state index >= 15 is 0 Å². The molecule has 1 aliphatic heterocycles. The van der Waals surface area contributed by atoms with Crippen molar-refractivity contribution < 1.29 is 17.7 Å². The van der Waals surface area contributed by atoms with E-state index in [0.29, 0.717) is 17.1 Å². The van der Waals surface area contributed by atoms with Crippen LogP contribution < -0.4 is 0 Å². The van der Waals surface area contributed by atoms with Gasteiger partial charge in [-0.25, -0.2) is 4.98 Å². The predicted octanol–water partition coefficient (Wildman–Crippen LogP) is 3.89. The maximum atomic E-state index is 12.8. The van der Waals surface area contributed by atoms with E-state index in [-0.39, 0.29) is 11.5 Å². The highest BCUT2D eigenvalue weighted by atomic mass is 35.5. The van der Waals surface area contributed by atoms with Gasteiger partial charge in [-0.05, 0) is 18.2 Å². The normalized spacial score (nSPS) is 13.0. The molecule has 5 rings (SSSR count). The highest BCUT2D eigenvalue weighted by molar-refractivity contribution is 6.31. The lowest BCUT2D eigenvalue weighted by atomic mass is 10.0. The molecule has 0 bridgehead atoms. The molecule has 0 amide bonds. The van der Waals surface area contributed by atoms with E-state index < -0.39 is 12.1 Å². The molecule has 0 saturated heterocycles. The maximum Gasteiger partial charge on any atom is 0.471 e. The van der Waals surface area contributed by atoms with Gasteiger partial charge < -0.3 is 9.09 Å². The Bertz CT molecular complexity index is 1180. The van der Waals surface area contributed by atoms with Gasteiger partial charge in [0.15, 0.2) is 0 Å². The second-order valence-corrected chi connectivity index (χ2v) is 6.38. The van der Waals surface area contributed by atoms with E-state index in [1.807, 2.05) is 0 Å². The van der Waals surface area contributed by atoms with Crippen molar-refractivity contribution in [1.29, 1.82) is 0 Å².